The second kappa shape index (κ2) is 6.49. The number of alkyl halides is 3. The zero-order chi connectivity index (χ0) is 15.3. The van der Waals surface area contributed by atoms with Crippen molar-refractivity contribution in [3.8, 4) is 0 Å². The van der Waals surface area contributed by atoms with Gasteiger partial charge in [-0.05, 0) is 37.1 Å². The van der Waals surface area contributed by atoms with Gasteiger partial charge in [0.05, 0.1) is 0 Å². The number of amidine groups is 1. The van der Waals surface area contributed by atoms with Crippen molar-refractivity contribution < 1.29 is 18.4 Å². The number of oxime groups is 1. The van der Waals surface area contributed by atoms with Crippen LogP contribution in [0.3, 0.4) is 0 Å². The Labute approximate surface area is 115 Å². The van der Waals surface area contributed by atoms with E-state index in [-0.39, 0.29) is 5.84 Å². The van der Waals surface area contributed by atoms with Crippen LogP contribution < -0.4 is 10.6 Å². The standard InChI is InChI=1S/C13H18F3N3O/c1-3-6-19(8-13(14,15)16)10-4-5-11(9(2)7-10)12(17)18-20/h4-5,7,20H,3,6,8H2,1-2H3,(H2,17,18). The summed E-state index contributed by atoms with van der Waals surface area (Å²) in [7, 11) is 0. The maximum absolute atomic E-state index is 12.6. The molecule has 0 saturated carbocycles. The molecule has 0 bridgehead atoms. The molecule has 0 fully saturated rings. The molecule has 0 aliphatic carbocycles. The molecule has 0 aliphatic rings. The SMILES string of the molecule is CCCN(CC(F)(F)F)c1ccc(/C(N)=N/O)c(C)c1. The molecule has 1 rings (SSSR count). The largest absolute Gasteiger partial charge is 0.409 e. The van der Waals surface area contributed by atoms with Gasteiger partial charge < -0.3 is 15.8 Å². The van der Waals surface area contributed by atoms with Crippen LogP contribution in [0.4, 0.5) is 18.9 Å². The molecule has 0 unspecified atom stereocenters. The normalized spacial score (nSPS) is 12.6. The third kappa shape index (κ3) is 4.32. The number of benzene rings is 1. The fourth-order valence-electron chi connectivity index (χ4n) is 1.97. The van der Waals surface area contributed by atoms with Crippen molar-refractivity contribution in [2.45, 2.75) is 26.4 Å². The lowest BCUT2D eigenvalue weighted by Gasteiger charge is -2.26. The molecule has 3 N–H and O–H groups in total. The van der Waals surface area contributed by atoms with Crippen LogP contribution in [0.2, 0.25) is 0 Å². The molecule has 0 saturated heterocycles. The molecular formula is C13H18F3N3O. The van der Waals surface area contributed by atoms with Gasteiger partial charge in [-0.3, -0.25) is 0 Å². The maximum Gasteiger partial charge on any atom is 0.405 e. The Morgan fingerprint density at radius 3 is 2.50 bits per heavy atom. The molecule has 0 spiro atoms. The van der Waals surface area contributed by atoms with Crippen LogP contribution in [-0.4, -0.2) is 30.3 Å². The van der Waals surface area contributed by atoms with E-state index in [1.54, 1.807) is 25.1 Å². The van der Waals surface area contributed by atoms with Gasteiger partial charge in [0.15, 0.2) is 5.84 Å². The van der Waals surface area contributed by atoms with E-state index in [0.29, 0.717) is 29.8 Å². The molecule has 0 heterocycles. The molecular weight excluding hydrogens is 271 g/mol. The number of nitrogens with zero attached hydrogens (tertiary/aromatic N) is 2. The highest BCUT2D eigenvalue weighted by atomic mass is 19.4. The van der Waals surface area contributed by atoms with Gasteiger partial charge in [-0.15, -0.1) is 0 Å². The van der Waals surface area contributed by atoms with Crippen molar-refractivity contribution in [1.82, 2.24) is 0 Å². The Morgan fingerprint density at radius 1 is 1.40 bits per heavy atom. The Kier molecular flexibility index (Phi) is 5.24. The lowest BCUT2D eigenvalue weighted by molar-refractivity contribution is -0.119. The fourth-order valence-corrected chi connectivity index (χ4v) is 1.97. The minimum atomic E-state index is -4.26. The minimum absolute atomic E-state index is 0.0630. The van der Waals surface area contributed by atoms with Gasteiger partial charge in [-0.1, -0.05) is 12.1 Å². The summed E-state index contributed by atoms with van der Waals surface area (Å²) in [6, 6.07) is 4.70. The number of hydrogen-bond acceptors (Lipinski definition) is 3. The van der Waals surface area contributed by atoms with Gasteiger partial charge in [-0.25, -0.2) is 0 Å². The topological polar surface area (TPSA) is 61.8 Å². The molecule has 4 nitrogen and oxygen atoms in total. The van der Waals surface area contributed by atoms with Crippen molar-refractivity contribution in [1.29, 1.82) is 0 Å². The molecule has 0 radical (unpaired) electrons. The summed E-state index contributed by atoms with van der Waals surface area (Å²) in [4.78, 5) is 1.27. The quantitative estimate of drug-likeness (QED) is 0.379. The third-order valence-corrected chi connectivity index (χ3v) is 2.82. The van der Waals surface area contributed by atoms with Crippen molar-refractivity contribution in [3.05, 3.63) is 29.3 Å². The van der Waals surface area contributed by atoms with Crippen LogP contribution >= 0.6 is 0 Å². The van der Waals surface area contributed by atoms with Crippen molar-refractivity contribution >= 4 is 11.5 Å². The summed E-state index contributed by atoms with van der Waals surface area (Å²) in [5, 5.41) is 11.5. The molecule has 0 aliphatic heterocycles. The minimum Gasteiger partial charge on any atom is -0.409 e. The van der Waals surface area contributed by atoms with Crippen molar-refractivity contribution in [2.75, 3.05) is 18.0 Å². The highest BCUT2D eigenvalue weighted by Gasteiger charge is 2.30. The average molecular weight is 289 g/mol. The van der Waals surface area contributed by atoms with Crippen LogP contribution in [0, 0.1) is 6.92 Å². The summed E-state index contributed by atoms with van der Waals surface area (Å²) in [5.41, 5.74) is 7.11. The van der Waals surface area contributed by atoms with Crippen LogP contribution in [0.25, 0.3) is 0 Å². The predicted octanol–water partition coefficient (Wildman–Crippen LogP) is 2.87. The second-order valence-corrected chi connectivity index (χ2v) is 4.52. The van der Waals surface area contributed by atoms with Gasteiger partial charge in [0, 0.05) is 17.8 Å². The Hall–Kier alpha value is -1.92. The lowest BCUT2D eigenvalue weighted by atomic mass is 10.1. The molecule has 1 aromatic carbocycles. The predicted molar refractivity (Wildman–Crippen MR) is 72.2 cm³/mol. The number of rotatable bonds is 5. The lowest BCUT2D eigenvalue weighted by Crippen LogP contribution is -2.35. The first-order chi connectivity index (χ1) is 9.28. The van der Waals surface area contributed by atoms with E-state index in [0.717, 1.165) is 0 Å². The van der Waals surface area contributed by atoms with Crippen LogP contribution in [-0.2, 0) is 0 Å². The number of nitrogens with two attached hydrogens (primary N) is 1. The Bertz CT molecular complexity index is 486. The smallest absolute Gasteiger partial charge is 0.405 e. The molecule has 1 aromatic rings. The zero-order valence-corrected chi connectivity index (χ0v) is 11.4. The first-order valence-electron chi connectivity index (χ1n) is 6.18. The van der Waals surface area contributed by atoms with Crippen molar-refractivity contribution in [2.24, 2.45) is 10.9 Å². The molecule has 0 atom stereocenters. The van der Waals surface area contributed by atoms with E-state index in [4.69, 9.17) is 10.9 Å². The highest BCUT2D eigenvalue weighted by Crippen LogP contribution is 2.24. The summed E-state index contributed by atoms with van der Waals surface area (Å²) >= 11 is 0. The summed E-state index contributed by atoms with van der Waals surface area (Å²) in [5.74, 6) is -0.0630. The Morgan fingerprint density at radius 2 is 2.05 bits per heavy atom. The zero-order valence-electron chi connectivity index (χ0n) is 11.4. The van der Waals surface area contributed by atoms with Crippen LogP contribution in [0.1, 0.15) is 24.5 Å². The summed E-state index contributed by atoms with van der Waals surface area (Å²) in [6.07, 6.45) is -3.65. The van der Waals surface area contributed by atoms with E-state index >= 15 is 0 Å². The second-order valence-electron chi connectivity index (χ2n) is 4.52. The van der Waals surface area contributed by atoms with Crippen molar-refractivity contribution in [3.63, 3.8) is 0 Å². The van der Waals surface area contributed by atoms with Gasteiger partial charge in [-0.2, -0.15) is 13.2 Å². The number of hydrogen-bond donors (Lipinski definition) is 2. The molecule has 0 aromatic heterocycles. The van der Waals surface area contributed by atoms with E-state index in [1.807, 2.05) is 6.92 Å². The van der Waals surface area contributed by atoms with E-state index in [2.05, 4.69) is 5.16 Å². The number of aryl methyl sites for hydroxylation is 1. The fraction of sp³-hybridized carbons (Fsp3) is 0.462. The number of halogens is 3. The van der Waals surface area contributed by atoms with Gasteiger partial charge in [0.25, 0.3) is 0 Å². The first kappa shape index (κ1) is 16.1. The molecule has 7 heteroatoms. The van der Waals surface area contributed by atoms with E-state index in [9.17, 15) is 13.2 Å². The molecule has 20 heavy (non-hydrogen) atoms. The highest BCUT2D eigenvalue weighted by molar-refractivity contribution is 5.98. The van der Waals surface area contributed by atoms with E-state index in [1.165, 1.54) is 4.90 Å². The average Bonchev–Trinajstić information content (AvgIpc) is 2.35. The maximum atomic E-state index is 12.6. The van der Waals surface area contributed by atoms with Crippen LogP contribution in [0.15, 0.2) is 23.4 Å². The van der Waals surface area contributed by atoms with Crippen LogP contribution in [0.5, 0.6) is 0 Å². The third-order valence-electron chi connectivity index (χ3n) is 2.82. The van der Waals surface area contributed by atoms with E-state index < -0.39 is 12.7 Å². The number of anilines is 1. The summed E-state index contributed by atoms with van der Waals surface area (Å²) in [6.45, 7) is 2.83. The molecule has 0 amide bonds. The monoisotopic (exact) mass is 289 g/mol. The van der Waals surface area contributed by atoms with Gasteiger partial charge >= 0.3 is 6.18 Å². The first-order valence-corrected chi connectivity index (χ1v) is 6.18. The van der Waals surface area contributed by atoms with Gasteiger partial charge in [0.1, 0.15) is 6.54 Å². The van der Waals surface area contributed by atoms with Gasteiger partial charge in [0.2, 0.25) is 0 Å². The molecule has 112 valence electrons. The summed E-state index contributed by atoms with van der Waals surface area (Å²) < 4.78 is 37.7. The Balaban J connectivity index is 3.07.